The molecule has 4 rings (SSSR count). The van der Waals surface area contributed by atoms with E-state index in [1.165, 1.54) is 16.8 Å². The Labute approximate surface area is 142 Å². The number of benzene rings is 1. The second-order valence-corrected chi connectivity index (χ2v) is 7.05. The van der Waals surface area contributed by atoms with Crippen LogP contribution in [0.15, 0.2) is 36.7 Å². The summed E-state index contributed by atoms with van der Waals surface area (Å²) < 4.78 is 1.82. The van der Waals surface area contributed by atoms with Gasteiger partial charge >= 0.3 is 0 Å². The van der Waals surface area contributed by atoms with Crippen LogP contribution in [0.5, 0.6) is 0 Å². The van der Waals surface area contributed by atoms with Gasteiger partial charge in [0.15, 0.2) is 0 Å². The molecule has 2 heterocycles. The van der Waals surface area contributed by atoms with Crippen LogP contribution in [0.3, 0.4) is 0 Å². The van der Waals surface area contributed by atoms with Gasteiger partial charge in [-0.05, 0) is 42.5 Å². The van der Waals surface area contributed by atoms with Crippen molar-refractivity contribution in [2.75, 3.05) is 31.1 Å². The third-order valence-corrected chi connectivity index (χ3v) is 5.22. The lowest BCUT2D eigenvalue weighted by molar-refractivity contribution is -0.132. The molecule has 0 N–H and O–H groups in total. The molecule has 1 aromatic heterocycles. The van der Waals surface area contributed by atoms with E-state index < -0.39 is 0 Å². The van der Waals surface area contributed by atoms with E-state index in [0.29, 0.717) is 11.8 Å². The molecule has 1 aliphatic heterocycles. The number of anilines is 1. The van der Waals surface area contributed by atoms with Crippen LogP contribution >= 0.6 is 0 Å². The molecule has 1 aromatic carbocycles. The summed E-state index contributed by atoms with van der Waals surface area (Å²) in [7, 11) is 1.92. The van der Waals surface area contributed by atoms with Crippen molar-refractivity contribution < 1.29 is 4.79 Å². The molecule has 2 fully saturated rings. The lowest BCUT2D eigenvalue weighted by Gasteiger charge is -2.36. The van der Waals surface area contributed by atoms with Crippen molar-refractivity contribution in [2.24, 2.45) is 13.0 Å². The van der Waals surface area contributed by atoms with Crippen LogP contribution in [0.25, 0.3) is 0 Å². The van der Waals surface area contributed by atoms with Crippen LogP contribution < -0.4 is 4.90 Å². The maximum atomic E-state index is 12.7. The number of aryl methyl sites for hydroxylation is 2. The molecule has 1 amide bonds. The van der Waals surface area contributed by atoms with E-state index >= 15 is 0 Å². The fourth-order valence-electron chi connectivity index (χ4n) is 3.71. The van der Waals surface area contributed by atoms with Crippen molar-refractivity contribution in [3.05, 3.63) is 47.8 Å². The molecule has 5 nitrogen and oxygen atoms in total. The average Bonchev–Trinajstić information content (AvgIpc) is 3.28. The molecule has 5 heteroatoms. The van der Waals surface area contributed by atoms with Gasteiger partial charge in [-0.15, -0.1) is 0 Å². The summed E-state index contributed by atoms with van der Waals surface area (Å²) in [6.07, 6.45) is 4.91. The number of piperazine rings is 1. The number of hydrogen-bond acceptors (Lipinski definition) is 3. The van der Waals surface area contributed by atoms with Gasteiger partial charge in [-0.1, -0.05) is 12.1 Å². The number of hydrogen-bond donors (Lipinski definition) is 0. The number of aromatic nitrogens is 2. The summed E-state index contributed by atoms with van der Waals surface area (Å²) in [6, 6.07) is 8.60. The van der Waals surface area contributed by atoms with Crippen LogP contribution in [0, 0.1) is 12.8 Å². The Balaban J connectivity index is 1.34. The first-order chi connectivity index (χ1) is 11.6. The highest BCUT2D eigenvalue weighted by Crippen LogP contribution is 2.48. The topological polar surface area (TPSA) is 41.4 Å². The molecular formula is C19H24N4O. The van der Waals surface area contributed by atoms with Crippen molar-refractivity contribution in [3.63, 3.8) is 0 Å². The molecule has 1 saturated carbocycles. The molecule has 2 aromatic rings. The number of rotatable bonds is 3. The van der Waals surface area contributed by atoms with Gasteiger partial charge in [-0.2, -0.15) is 5.10 Å². The van der Waals surface area contributed by atoms with Gasteiger partial charge in [0.2, 0.25) is 5.91 Å². The quantitative estimate of drug-likeness (QED) is 0.869. The first-order valence-corrected chi connectivity index (χ1v) is 8.71. The fourth-order valence-corrected chi connectivity index (χ4v) is 3.71. The minimum absolute atomic E-state index is 0.166. The minimum atomic E-state index is 0.166. The SMILES string of the molecule is Cc1cccc(N2CCN(C(=O)[C@H]3C[C@@H]3c3cnn(C)c3)CC2)c1. The van der Waals surface area contributed by atoms with E-state index in [9.17, 15) is 4.79 Å². The molecule has 126 valence electrons. The Morgan fingerprint density at radius 1 is 1.21 bits per heavy atom. The largest absolute Gasteiger partial charge is 0.368 e. The average molecular weight is 324 g/mol. The van der Waals surface area contributed by atoms with E-state index in [0.717, 1.165) is 32.6 Å². The summed E-state index contributed by atoms with van der Waals surface area (Å²) in [5.41, 5.74) is 3.75. The monoisotopic (exact) mass is 324 g/mol. The normalized spacial score (nSPS) is 23.4. The summed E-state index contributed by atoms with van der Waals surface area (Å²) in [5.74, 6) is 0.869. The van der Waals surface area contributed by atoms with E-state index in [4.69, 9.17) is 0 Å². The van der Waals surface area contributed by atoms with Gasteiger partial charge in [0.25, 0.3) is 0 Å². The van der Waals surface area contributed by atoms with Gasteiger partial charge < -0.3 is 9.80 Å². The van der Waals surface area contributed by atoms with Crippen LogP contribution in [0.4, 0.5) is 5.69 Å². The third-order valence-electron chi connectivity index (χ3n) is 5.22. The Hall–Kier alpha value is -2.30. The first kappa shape index (κ1) is 15.2. The van der Waals surface area contributed by atoms with E-state index in [1.807, 2.05) is 29.0 Å². The predicted octanol–water partition coefficient (Wildman–Crippen LogP) is 2.18. The minimum Gasteiger partial charge on any atom is -0.368 e. The maximum Gasteiger partial charge on any atom is 0.226 e. The molecule has 0 bridgehead atoms. The summed E-state index contributed by atoms with van der Waals surface area (Å²) in [5, 5.41) is 4.22. The van der Waals surface area contributed by atoms with Crippen molar-refractivity contribution in [1.82, 2.24) is 14.7 Å². The summed E-state index contributed by atoms with van der Waals surface area (Å²) >= 11 is 0. The van der Waals surface area contributed by atoms with Crippen molar-refractivity contribution in [2.45, 2.75) is 19.3 Å². The Morgan fingerprint density at radius 3 is 2.67 bits per heavy atom. The summed E-state index contributed by atoms with van der Waals surface area (Å²) in [6.45, 7) is 5.60. The highest BCUT2D eigenvalue weighted by Gasteiger charge is 2.46. The summed E-state index contributed by atoms with van der Waals surface area (Å²) in [4.78, 5) is 17.2. The highest BCUT2D eigenvalue weighted by atomic mass is 16.2. The zero-order chi connectivity index (χ0) is 16.7. The standard InChI is InChI=1S/C19H24N4O/c1-14-4-3-5-16(10-14)22-6-8-23(9-7-22)19(24)18-11-17(18)15-12-20-21(2)13-15/h3-5,10,12-13,17-18H,6-9,11H2,1-2H3/t17-,18+/m1/s1. The number of amides is 1. The van der Waals surface area contributed by atoms with E-state index in [2.05, 4.69) is 41.2 Å². The third kappa shape index (κ3) is 2.90. The Bertz CT molecular complexity index is 745. The molecule has 0 spiro atoms. The molecule has 1 saturated heterocycles. The van der Waals surface area contributed by atoms with Gasteiger partial charge in [0.05, 0.1) is 6.20 Å². The molecule has 2 atom stereocenters. The number of nitrogens with zero attached hydrogens (tertiary/aromatic N) is 4. The van der Waals surface area contributed by atoms with Crippen LogP contribution in [0.1, 0.15) is 23.5 Å². The van der Waals surface area contributed by atoms with Gasteiger partial charge in [0, 0.05) is 51.0 Å². The Kier molecular flexibility index (Phi) is 3.79. The van der Waals surface area contributed by atoms with Crippen molar-refractivity contribution in [3.8, 4) is 0 Å². The van der Waals surface area contributed by atoms with Crippen LogP contribution in [0.2, 0.25) is 0 Å². The smallest absolute Gasteiger partial charge is 0.226 e. The highest BCUT2D eigenvalue weighted by molar-refractivity contribution is 5.83. The Morgan fingerprint density at radius 2 is 2.00 bits per heavy atom. The molecule has 24 heavy (non-hydrogen) atoms. The first-order valence-electron chi connectivity index (χ1n) is 8.71. The lowest BCUT2D eigenvalue weighted by atomic mass is 10.1. The number of carbonyl (C=O) groups excluding carboxylic acids is 1. The predicted molar refractivity (Wildman–Crippen MR) is 94.0 cm³/mol. The number of carbonyl (C=O) groups is 1. The maximum absolute atomic E-state index is 12.7. The fraction of sp³-hybridized carbons (Fsp3) is 0.474. The van der Waals surface area contributed by atoms with Crippen LogP contribution in [-0.4, -0.2) is 46.8 Å². The van der Waals surface area contributed by atoms with Gasteiger partial charge in [-0.3, -0.25) is 9.48 Å². The zero-order valence-corrected chi connectivity index (χ0v) is 14.4. The second-order valence-electron chi connectivity index (χ2n) is 7.05. The molecule has 2 aliphatic rings. The van der Waals surface area contributed by atoms with Crippen molar-refractivity contribution >= 4 is 11.6 Å². The van der Waals surface area contributed by atoms with Gasteiger partial charge in [0.1, 0.15) is 0 Å². The van der Waals surface area contributed by atoms with E-state index in [1.54, 1.807) is 0 Å². The molecular weight excluding hydrogens is 300 g/mol. The van der Waals surface area contributed by atoms with E-state index in [-0.39, 0.29) is 5.92 Å². The van der Waals surface area contributed by atoms with Crippen molar-refractivity contribution in [1.29, 1.82) is 0 Å². The zero-order valence-electron chi connectivity index (χ0n) is 14.4. The molecule has 1 aliphatic carbocycles. The van der Waals surface area contributed by atoms with Gasteiger partial charge in [-0.25, -0.2) is 0 Å². The van der Waals surface area contributed by atoms with Crippen LogP contribution in [-0.2, 0) is 11.8 Å². The molecule has 0 radical (unpaired) electrons. The second kappa shape index (κ2) is 5.96. The lowest BCUT2D eigenvalue weighted by Crippen LogP contribution is -2.49. The molecule has 0 unspecified atom stereocenters.